The molecule has 0 bridgehead atoms. The highest BCUT2D eigenvalue weighted by Crippen LogP contribution is 2.21. The number of nitrogens with one attached hydrogen (secondary N) is 2. The zero-order valence-electron chi connectivity index (χ0n) is 17.7. The summed E-state index contributed by atoms with van der Waals surface area (Å²) in [4.78, 5) is 31.3. The van der Waals surface area contributed by atoms with Crippen LogP contribution in [0.25, 0.3) is 11.2 Å². The van der Waals surface area contributed by atoms with E-state index in [2.05, 4.69) is 43.3 Å². The van der Waals surface area contributed by atoms with E-state index < -0.39 is 11.2 Å². The van der Waals surface area contributed by atoms with Crippen LogP contribution in [0.3, 0.4) is 0 Å². The second-order valence-corrected chi connectivity index (χ2v) is 8.33. The molecule has 0 aliphatic heterocycles. The van der Waals surface area contributed by atoms with Crippen LogP contribution in [0.4, 0.5) is 5.95 Å². The van der Waals surface area contributed by atoms with Crippen molar-refractivity contribution in [2.45, 2.75) is 52.0 Å². The molecule has 0 fully saturated rings. The van der Waals surface area contributed by atoms with Gasteiger partial charge >= 0.3 is 5.69 Å². The first kappa shape index (κ1) is 22.8. The minimum Gasteiger partial charge on any atom is -0.507 e. The summed E-state index contributed by atoms with van der Waals surface area (Å²) < 4.78 is 3.87. The zero-order chi connectivity index (χ0) is 22.4. The number of aromatic hydroxyl groups is 1. The molecule has 2 aromatic heterocycles. The van der Waals surface area contributed by atoms with Crippen LogP contribution in [0.15, 0.2) is 37.4 Å². The van der Waals surface area contributed by atoms with Crippen molar-refractivity contribution in [3.05, 3.63) is 49.1 Å². The Balaban J connectivity index is 1.88. The van der Waals surface area contributed by atoms with E-state index in [-0.39, 0.29) is 5.75 Å². The van der Waals surface area contributed by atoms with Gasteiger partial charge in [0.15, 0.2) is 11.2 Å². The highest BCUT2D eigenvalue weighted by Gasteiger charge is 2.17. The Morgan fingerprint density at radius 1 is 1.23 bits per heavy atom. The molecular weight excluding hydrogens is 464 g/mol. The molecule has 0 unspecified atom stereocenters. The van der Waals surface area contributed by atoms with Gasteiger partial charge in [-0.25, -0.2) is 10.2 Å². The molecular formula is C21H27BrN6O3. The smallest absolute Gasteiger partial charge is 0.329 e. The predicted molar refractivity (Wildman–Crippen MR) is 126 cm³/mol. The second-order valence-electron chi connectivity index (χ2n) is 7.42. The number of halogens is 1. The number of aryl methyl sites for hydroxylation is 2. The molecule has 0 saturated carbocycles. The monoisotopic (exact) mass is 490 g/mol. The van der Waals surface area contributed by atoms with E-state index in [9.17, 15) is 14.7 Å². The summed E-state index contributed by atoms with van der Waals surface area (Å²) in [6.45, 7) is 2.75. The number of fused-ring (bicyclic) bond motifs is 1. The van der Waals surface area contributed by atoms with Crippen LogP contribution < -0.4 is 16.7 Å². The van der Waals surface area contributed by atoms with Crippen LogP contribution in [-0.2, 0) is 13.6 Å². The fourth-order valence-electron chi connectivity index (χ4n) is 3.38. The van der Waals surface area contributed by atoms with Crippen LogP contribution >= 0.6 is 15.9 Å². The number of nitrogens with zero attached hydrogens (tertiary/aromatic N) is 4. The van der Waals surface area contributed by atoms with Crippen LogP contribution in [0, 0.1) is 0 Å². The van der Waals surface area contributed by atoms with Gasteiger partial charge in [0.05, 0.1) is 6.21 Å². The van der Waals surface area contributed by atoms with E-state index in [4.69, 9.17) is 0 Å². The maximum atomic E-state index is 12.5. The number of aromatic amines is 1. The van der Waals surface area contributed by atoms with E-state index in [1.165, 1.54) is 30.0 Å². The average molecular weight is 491 g/mol. The summed E-state index contributed by atoms with van der Waals surface area (Å²) in [5, 5.41) is 14.1. The fraction of sp³-hybridized carbons (Fsp3) is 0.429. The van der Waals surface area contributed by atoms with Crippen molar-refractivity contribution < 1.29 is 5.11 Å². The van der Waals surface area contributed by atoms with Gasteiger partial charge < -0.3 is 9.67 Å². The van der Waals surface area contributed by atoms with Crippen molar-refractivity contribution in [2.24, 2.45) is 12.1 Å². The number of hydrogen-bond donors (Lipinski definition) is 3. The lowest BCUT2D eigenvalue weighted by molar-refractivity contribution is 0.474. The van der Waals surface area contributed by atoms with Crippen molar-refractivity contribution in [3.8, 4) is 5.75 Å². The zero-order valence-corrected chi connectivity index (χ0v) is 19.3. The summed E-state index contributed by atoms with van der Waals surface area (Å²) >= 11 is 3.36. The third-order valence-corrected chi connectivity index (χ3v) is 5.59. The van der Waals surface area contributed by atoms with Crippen molar-refractivity contribution >= 4 is 39.3 Å². The summed E-state index contributed by atoms with van der Waals surface area (Å²) in [5.74, 6) is 0.453. The largest absolute Gasteiger partial charge is 0.507 e. The number of aromatic nitrogens is 4. The number of hydrogen-bond acceptors (Lipinski definition) is 6. The molecule has 0 atom stereocenters. The van der Waals surface area contributed by atoms with E-state index >= 15 is 0 Å². The molecule has 0 spiro atoms. The first-order valence-corrected chi connectivity index (χ1v) is 11.2. The maximum Gasteiger partial charge on any atom is 0.329 e. The third-order valence-electron chi connectivity index (χ3n) is 5.10. The Bertz CT molecular complexity index is 1190. The van der Waals surface area contributed by atoms with E-state index in [1.807, 2.05) is 0 Å². The Labute approximate surface area is 188 Å². The van der Waals surface area contributed by atoms with E-state index in [1.54, 1.807) is 29.8 Å². The van der Waals surface area contributed by atoms with Crippen molar-refractivity contribution in [1.29, 1.82) is 0 Å². The molecule has 3 N–H and O–H groups in total. The maximum absolute atomic E-state index is 12.5. The predicted octanol–water partition coefficient (Wildman–Crippen LogP) is 3.70. The molecule has 3 rings (SSSR count). The average Bonchev–Trinajstić information content (AvgIpc) is 3.10. The van der Waals surface area contributed by atoms with Gasteiger partial charge in [-0.2, -0.15) is 10.1 Å². The quantitative estimate of drug-likeness (QED) is 0.227. The van der Waals surface area contributed by atoms with Gasteiger partial charge in [-0.3, -0.25) is 14.3 Å². The van der Waals surface area contributed by atoms with E-state index in [0.717, 1.165) is 23.7 Å². The highest BCUT2D eigenvalue weighted by molar-refractivity contribution is 9.10. The minimum absolute atomic E-state index is 0.0909. The molecule has 9 nitrogen and oxygen atoms in total. The molecule has 1 aromatic carbocycles. The lowest BCUT2D eigenvalue weighted by atomic mass is 10.1. The standard InChI is InChI=1S/C21H27BrN6O3/c1-3-4-5-6-7-8-11-28-17-18(27(2)21(31)25-19(17)30)24-20(28)26-23-13-14-12-15(22)9-10-16(14)29/h9-10,12-13,29H,3-8,11H2,1-2H3,(H,24,26)(H,25,30,31)/b23-13-. The highest BCUT2D eigenvalue weighted by atomic mass is 79.9. The van der Waals surface area contributed by atoms with Crippen LogP contribution in [-0.4, -0.2) is 30.4 Å². The number of phenolic OH excluding ortho intramolecular Hbond substituents is 1. The topological polar surface area (TPSA) is 117 Å². The number of anilines is 1. The second kappa shape index (κ2) is 10.4. The Kier molecular flexibility index (Phi) is 7.67. The van der Waals surface area contributed by atoms with Gasteiger partial charge in [-0.05, 0) is 24.6 Å². The molecule has 0 aliphatic rings. The third kappa shape index (κ3) is 5.43. The number of H-pyrrole nitrogens is 1. The SMILES string of the molecule is CCCCCCCCn1c(N/N=C\c2cc(Br)ccc2O)nc2c1c(=O)[nH]c(=O)n2C. The normalized spacial score (nSPS) is 11.6. The van der Waals surface area contributed by atoms with Gasteiger partial charge in [-0.1, -0.05) is 55.0 Å². The molecule has 10 heteroatoms. The first-order chi connectivity index (χ1) is 14.9. The number of imidazole rings is 1. The van der Waals surface area contributed by atoms with Crippen molar-refractivity contribution in [2.75, 3.05) is 5.43 Å². The lowest BCUT2D eigenvalue weighted by Crippen LogP contribution is -2.29. The Morgan fingerprint density at radius 3 is 2.74 bits per heavy atom. The molecule has 0 radical (unpaired) electrons. The van der Waals surface area contributed by atoms with Gasteiger partial charge in [0.2, 0.25) is 5.95 Å². The molecule has 2 heterocycles. The number of phenols is 1. The number of hydrazone groups is 1. The number of benzene rings is 1. The molecule has 31 heavy (non-hydrogen) atoms. The van der Waals surface area contributed by atoms with Crippen molar-refractivity contribution in [3.63, 3.8) is 0 Å². The molecule has 0 aliphatic carbocycles. The lowest BCUT2D eigenvalue weighted by Gasteiger charge is -2.08. The summed E-state index contributed by atoms with van der Waals surface area (Å²) in [5.41, 5.74) is 3.01. The Hall–Kier alpha value is -2.88. The molecule has 3 aromatic rings. The molecule has 0 amide bonds. The minimum atomic E-state index is -0.518. The van der Waals surface area contributed by atoms with Gasteiger partial charge in [0.1, 0.15) is 5.75 Å². The number of rotatable bonds is 10. The molecule has 166 valence electrons. The molecule has 0 saturated heterocycles. The summed E-state index contributed by atoms with van der Waals surface area (Å²) in [6, 6.07) is 5.02. The summed E-state index contributed by atoms with van der Waals surface area (Å²) in [7, 11) is 1.56. The van der Waals surface area contributed by atoms with Gasteiger partial charge in [0, 0.05) is 23.6 Å². The van der Waals surface area contributed by atoms with Gasteiger partial charge in [-0.15, -0.1) is 0 Å². The van der Waals surface area contributed by atoms with Crippen LogP contribution in [0.2, 0.25) is 0 Å². The van der Waals surface area contributed by atoms with Crippen LogP contribution in [0.1, 0.15) is 51.0 Å². The first-order valence-electron chi connectivity index (χ1n) is 10.4. The van der Waals surface area contributed by atoms with Crippen molar-refractivity contribution in [1.82, 2.24) is 19.1 Å². The fourth-order valence-corrected chi connectivity index (χ4v) is 3.75. The van der Waals surface area contributed by atoms with Crippen LogP contribution in [0.5, 0.6) is 5.75 Å². The Morgan fingerprint density at radius 2 is 1.97 bits per heavy atom. The number of unbranched alkanes of at least 4 members (excludes halogenated alkanes) is 5. The van der Waals surface area contributed by atoms with E-state index in [0.29, 0.717) is 29.2 Å². The van der Waals surface area contributed by atoms with Gasteiger partial charge in [0.25, 0.3) is 5.56 Å². The summed E-state index contributed by atoms with van der Waals surface area (Å²) in [6.07, 6.45) is 8.13.